The first-order valence-corrected chi connectivity index (χ1v) is 7.97. The normalized spacial score (nSPS) is 16.6. The number of aliphatic hydroxyl groups is 1. The number of nitrogens with zero attached hydrogens (tertiary/aromatic N) is 3. The fourth-order valence-corrected chi connectivity index (χ4v) is 3.56. The molecule has 2 rings (SSSR count). The predicted molar refractivity (Wildman–Crippen MR) is 79.0 cm³/mol. The number of amides is 1. The second-order valence-electron chi connectivity index (χ2n) is 6.36. The van der Waals surface area contributed by atoms with Crippen LogP contribution in [0.4, 0.5) is 0 Å². The summed E-state index contributed by atoms with van der Waals surface area (Å²) in [5, 5.41) is 13.4. The molecule has 1 fully saturated rings. The van der Waals surface area contributed by atoms with E-state index in [4.69, 9.17) is 0 Å². The van der Waals surface area contributed by atoms with Gasteiger partial charge in [0.25, 0.3) is 5.91 Å². The molecule has 0 radical (unpaired) electrons. The summed E-state index contributed by atoms with van der Waals surface area (Å²) in [7, 11) is 0. The van der Waals surface area contributed by atoms with Crippen molar-refractivity contribution in [1.29, 1.82) is 0 Å². The van der Waals surface area contributed by atoms with Crippen molar-refractivity contribution in [1.82, 2.24) is 14.5 Å². The van der Waals surface area contributed by atoms with E-state index in [-0.39, 0.29) is 24.0 Å². The summed E-state index contributed by atoms with van der Waals surface area (Å²) < 4.78 is 3.96. The van der Waals surface area contributed by atoms with Crippen LogP contribution in [0.5, 0.6) is 0 Å². The van der Waals surface area contributed by atoms with Gasteiger partial charge >= 0.3 is 0 Å². The second-order valence-corrected chi connectivity index (χ2v) is 7.12. The molecular weight excluding hydrogens is 274 g/mol. The third kappa shape index (κ3) is 3.17. The smallest absolute Gasteiger partial charge is 0.267 e. The Labute approximate surface area is 124 Å². The van der Waals surface area contributed by atoms with E-state index in [1.54, 1.807) is 0 Å². The van der Waals surface area contributed by atoms with Gasteiger partial charge in [-0.2, -0.15) is 0 Å². The number of hydrogen-bond acceptors (Lipinski definition) is 5. The molecule has 20 heavy (non-hydrogen) atoms. The van der Waals surface area contributed by atoms with E-state index in [9.17, 15) is 9.90 Å². The van der Waals surface area contributed by atoms with Gasteiger partial charge in [0, 0.05) is 18.0 Å². The highest BCUT2D eigenvalue weighted by atomic mass is 32.1. The Kier molecular flexibility index (Phi) is 4.75. The van der Waals surface area contributed by atoms with Crippen LogP contribution in [0.1, 0.15) is 61.8 Å². The molecule has 1 aliphatic rings. The number of carbonyl (C=O) groups excluding carboxylic acids is 1. The van der Waals surface area contributed by atoms with Crippen LogP contribution in [0.2, 0.25) is 0 Å². The van der Waals surface area contributed by atoms with Gasteiger partial charge in [-0.05, 0) is 24.4 Å². The topological polar surface area (TPSA) is 66.3 Å². The van der Waals surface area contributed by atoms with Crippen LogP contribution < -0.4 is 0 Å². The largest absolute Gasteiger partial charge is 0.395 e. The van der Waals surface area contributed by atoms with E-state index >= 15 is 0 Å². The number of rotatable bonds is 4. The summed E-state index contributed by atoms with van der Waals surface area (Å²) in [6.07, 6.45) is 4.38. The van der Waals surface area contributed by atoms with Crippen LogP contribution in [0.25, 0.3) is 0 Å². The summed E-state index contributed by atoms with van der Waals surface area (Å²) >= 11 is 1.16. The van der Waals surface area contributed by atoms with Gasteiger partial charge in [-0.25, -0.2) is 0 Å². The first-order valence-electron chi connectivity index (χ1n) is 7.20. The molecule has 0 aromatic carbocycles. The van der Waals surface area contributed by atoms with Gasteiger partial charge in [-0.1, -0.05) is 38.1 Å². The Morgan fingerprint density at radius 3 is 2.60 bits per heavy atom. The van der Waals surface area contributed by atoms with Crippen molar-refractivity contribution >= 4 is 17.4 Å². The van der Waals surface area contributed by atoms with Crippen molar-refractivity contribution in [2.75, 3.05) is 13.2 Å². The molecule has 0 unspecified atom stereocenters. The maximum atomic E-state index is 12.8. The fourth-order valence-electron chi connectivity index (χ4n) is 2.73. The highest BCUT2D eigenvalue weighted by molar-refractivity contribution is 7.08. The zero-order valence-electron chi connectivity index (χ0n) is 12.4. The molecule has 1 heterocycles. The highest BCUT2D eigenvalue weighted by Gasteiger charge is 2.32. The molecule has 1 aliphatic carbocycles. The molecule has 1 aromatic rings. The zero-order chi connectivity index (χ0) is 14.8. The zero-order valence-corrected chi connectivity index (χ0v) is 13.2. The third-order valence-corrected chi connectivity index (χ3v) is 4.47. The summed E-state index contributed by atoms with van der Waals surface area (Å²) in [5.41, 5.74) is 0.562. The summed E-state index contributed by atoms with van der Waals surface area (Å²) in [6, 6.07) is 0.254. The van der Waals surface area contributed by atoms with Gasteiger partial charge in [-0.15, -0.1) is 5.10 Å². The van der Waals surface area contributed by atoms with Crippen molar-refractivity contribution < 1.29 is 9.90 Å². The number of aromatic nitrogens is 2. The van der Waals surface area contributed by atoms with Gasteiger partial charge in [0.15, 0.2) is 0 Å². The summed E-state index contributed by atoms with van der Waals surface area (Å²) in [6.45, 7) is 6.50. The molecule has 1 N–H and O–H groups in total. The van der Waals surface area contributed by atoms with Crippen molar-refractivity contribution in [3.63, 3.8) is 0 Å². The minimum atomic E-state index is -0.196. The van der Waals surface area contributed by atoms with Crippen LogP contribution in [0, 0.1) is 0 Å². The first-order chi connectivity index (χ1) is 9.45. The molecule has 0 atom stereocenters. The van der Waals surface area contributed by atoms with E-state index in [2.05, 4.69) is 9.59 Å². The quantitative estimate of drug-likeness (QED) is 0.925. The molecule has 1 saturated carbocycles. The van der Waals surface area contributed by atoms with Gasteiger partial charge in [0.05, 0.1) is 12.3 Å². The maximum Gasteiger partial charge on any atom is 0.267 e. The lowest BCUT2D eigenvalue weighted by atomic mass is 9.91. The number of hydrogen-bond donors (Lipinski definition) is 1. The minimum absolute atomic E-state index is 0.000671. The number of carbonyl (C=O) groups is 1. The summed E-state index contributed by atoms with van der Waals surface area (Å²) in [5.74, 6) is -0.0223. The molecule has 0 aliphatic heterocycles. The molecule has 1 amide bonds. The SMILES string of the molecule is CC(C)(C)c1nnsc1C(=O)N(CCO)C1CCCC1. The maximum absolute atomic E-state index is 12.8. The molecule has 0 spiro atoms. The Morgan fingerprint density at radius 2 is 2.05 bits per heavy atom. The summed E-state index contributed by atoms with van der Waals surface area (Å²) in [4.78, 5) is 15.2. The lowest BCUT2D eigenvalue weighted by Crippen LogP contribution is -2.41. The van der Waals surface area contributed by atoms with Gasteiger partial charge in [0.1, 0.15) is 4.88 Å². The standard InChI is InChI=1S/C14H23N3O2S/c1-14(2,3)12-11(20-16-15-12)13(19)17(8-9-18)10-6-4-5-7-10/h10,18H,4-9H2,1-3H3. The average molecular weight is 297 g/mol. The average Bonchev–Trinajstić information content (AvgIpc) is 3.04. The van der Waals surface area contributed by atoms with Gasteiger partial charge < -0.3 is 10.0 Å². The molecular formula is C14H23N3O2S. The Hall–Kier alpha value is -1.01. The monoisotopic (exact) mass is 297 g/mol. The van der Waals surface area contributed by atoms with Gasteiger partial charge in [-0.3, -0.25) is 4.79 Å². The fraction of sp³-hybridized carbons (Fsp3) is 0.786. The van der Waals surface area contributed by atoms with Crippen LogP contribution >= 0.6 is 11.5 Å². The Balaban J connectivity index is 2.25. The van der Waals surface area contributed by atoms with Crippen LogP contribution in [-0.2, 0) is 5.41 Å². The first kappa shape index (κ1) is 15.4. The van der Waals surface area contributed by atoms with Crippen LogP contribution in [0.3, 0.4) is 0 Å². The van der Waals surface area contributed by atoms with Crippen LogP contribution in [0.15, 0.2) is 0 Å². The van der Waals surface area contributed by atoms with Crippen molar-refractivity contribution in [3.8, 4) is 0 Å². The molecule has 5 nitrogen and oxygen atoms in total. The Bertz CT molecular complexity index is 461. The molecule has 1 aromatic heterocycles. The van der Waals surface area contributed by atoms with Crippen LogP contribution in [-0.4, -0.2) is 44.7 Å². The van der Waals surface area contributed by atoms with E-state index < -0.39 is 0 Å². The lowest BCUT2D eigenvalue weighted by Gasteiger charge is -2.28. The van der Waals surface area contributed by atoms with Crippen molar-refractivity contribution in [3.05, 3.63) is 10.6 Å². The molecule has 112 valence electrons. The lowest BCUT2D eigenvalue weighted by molar-refractivity contribution is 0.0640. The molecule has 0 bridgehead atoms. The number of aliphatic hydroxyl groups excluding tert-OH is 1. The van der Waals surface area contributed by atoms with Crippen molar-refractivity contribution in [2.24, 2.45) is 0 Å². The van der Waals surface area contributed by atoms with Gasteiger partial charge in [0.2, 0.25) is 0 Å². The van der Waals surface area contributed by atoms with E-state index in [1.165, 1.54) is 0 Å². The van der Waals surface area contributed by atoms with Crippen molar-refractivity contribution in [2.45, 2.75) is 57.9 Å². The molecule has 0 saturated heterocycles. The second kappa shape index (κ2) is 6.18. The molecule has 6 heteroatoms. The highest BCUT2D eigenvalue weighted by Crippen LogP contribution is 2.30. The predicted octanol–water partition coefficient (Wildman–Crippen LogP) is 2.21. The van der Waals surface area contributed by atoms with E-state index in [0.29, 0.717) is 11.4 Å². The van der Waals surface area contributed by atoms with E-state index in [0.717, 1.165) is 42.9 Å². The minimum Gasteiger partial charge on any atom is -0.395 e. The Morgan fingerprint density at radius 1 is 1.40 bits per heavy atom. The third-order valence-electron chi connectivity index (χ3n) is 3.76. The van der Waals surface area contributed by atoms with E-state index in [1.807, 2.05) is 25.7 Å².